The fourth-order valence-electron chi connectivity index (χ4n) is 4.87. The zero-order chi connectivity index (χ0) is 28.7. The fourth-order valence-corrected chi connectivity index (χ4v) is 4.87. The molecule has 212 valence electrons. The third kappa shape index (κ3) is 7.34. The summed E-state index contributed by atoms with van der Waals surface area (Å²) in [5.74, 6) is -4.50. The van der Waals surface area contributed by atoms with E-state index in [1.54, 1.807) is 13.1 Å². The first-order valence-corrected chi connectivity index (χ1v) is 13.2. The number of nitrogens with zero attached hydrogens (tertiary/aromatic N) is 1. The number of nitrogens with one attached hydrogen (secondary N) is 3. The van der Waals surface area contributed by atoms with Crippen molar-refractivity contribution in [1.82, 2.24) is 20.5 Å². The molecule has 1 saturated heterocycles. The highest BCUT2D eigenvalue weighted by Crippen LogP contribution is 2.21. The standard InChI is InChI=1S/C27H37N5O7/c1-3-15(2)23(31-24(35)18(28)13-16-14-29-19-8-5-4-7-17(16)19)25(36)30-20(10-11-22(33)34)26(37)32-12-6-9-21(32)27(38)39/h4-5,7-8,14-15,18,20-21,23,29H,3,6,9-13,28H2,1-2H3,(H,30,36)(H,31,35)(H,33,34)(H,38,39). The molecular weight excluding hydrogens is 506 g/mol. The van der Waals surface area contributed by atoms with Crippen LogP contribution in [0.15, 0.2) is 30.5 Å². The maximum atomic E-state index is 13.4. The van der Waals surface area contributed by atoms with Gasteiger partial charge in [-0.15, -0.1) is 0 Å². The number of carboxylic acid groups (broad SMARTS) is 2. The van der Waals surface area contributed by atoms with Gasteiger partial charge in [0.15, 0.2) is 0 Å². The Morgan fingerprint density at radius 3 is 2.51 bits per heavy atom. The molecule has 5 atom stereocenters. The molecule has 1 aliphatic rings. The van der Waals surface area contributed by atoms with Crippen LogP contribution in [0.3, 0.4) is 0 Å². The fraction of sp³-hybridized carbons (Fsp3) is 0.519. The predicted octanol–water partition coefficient (Wildman–Crippen LogP) is 0.994. The van der Waals surface area contributed by atoms with E-state index in [2.05, 4.69) is 15.6 Å². The second-order valence-corrected chi connectivity index (χ2v) is 10.1. The van der Waals surface area contributed by atoms with Crippen molar-refractivity contribution in [3.63, 3.8) is 0 Å². The average Bonchev–Trinajstić information content (AvgIpc) is 3.56. The Bertz CT molecular complexity index is 1210. The van der Waals surface area contributed by atoms with Crippen molar-refractivity contribution in [3.8, 4) is 0 Å². The molecule has 1 fully saturated rings. The van der Waals surface area contributed by atoms with Gasteiger partial charge < -0.3 is 36.5 Å². The molecule has 1 aromatic carbocycles. The molecule has 1 aromatic heterocycles. The van der Waals surface area contributed by atoms with Gasteiger partial charge in [0.25, 0.3) is 0 Å². The van der Waals surface area contributed by atoms with Crippen LogP contribution in [0, 0.1) is 5.92 Å². The van der Waals surface area contributed by atoms with Gasteiger partial charge in [-0.05, 0) is 43.2 Å². The van der Waals surface area contributed by atoms with E-state index in [0.29, 0.717) is 12.8 Å². The topological polar surface area (TPSA) is 195 Å². The lowest BCUT2D eigenvalue weighted by molar-refractivity contribution is -0.150. The van der Waals surface area contributed by atoms with Crippen molar-refractivity contribution in [3.05, 3.63) is 36.0 Å². The number of rotatable bonds is 13. The Hall–Kier alpha value is -3.93. The zero-order valence-electron chi connectivity index (χ0n) is 22.2. The van der Waals surface area contributed by atoms with Crippen molar-refractivity contribution < 1.29 is 34.2 Å². The highest BCUT2D eigenvalue weighted by molar-refractivity contribution is 5.95. The Labute approximate surface area is 226 Å². The SMILES string of the molecule is CCC(C)C(NC(=O)C(N)Cc1c[nH]c2ccccc12)C(=O)NC(CCC(=O)O)C(=O)N1CCCC1C(=O)O. The van der Waals surface area contributed by atoms with Gasteiger partial charge in [-0.3, -0.25) is 19.2 Å². The Balaban J connectivity index is 1.73. The number of hydrogen-bond acceptors (Lipinski definition) is 6. The number of carbonyl (C=O) groups excluding carboxylic acids is 3. The van der Waals surface area contributed by atoms with Gasteiger partial charge >= 0.3 is 11.9 Å². The van der Waals surface area contributed by atoms with E-state index in [1.165, 1.54) is 4.90 Å². The first-order valence-electron chi connectivity index (χ1n) is 13.2. The average molecular weight is 544 g/mol. The molecule has 0 radical (unpaired) electrons. The number of H-pyrrole nitrogens is 1. The quantitative estimate of drug-likeness (QED) is 0.215. The molecule has 5 unspecified atom stereocenters. The molecule has 0 bridgehead atoms. The van der Waals surface area contributed by atoms with Crippen LogP contribution in [0.4, 0.5) is 0 Å². The molecule has 7 N–H and O–H groups in total. The number of nitrogens with two attached hydrogens (primary N) is 1. The minimum absolute atomic E-state index is 0.198. The third-order valence-electron chi connectivity index (χ3n) is 7.33. The number of aromatic amines is 1. The number of benzene rings is 1. The van der Waals surface area contributed by atoms with Crippen LogP contribution in [0.5, 0.6) is 0 Å². The largest absolute Gasteiger partial charge is 0.481 e. The van der Waals surface area contributed by atoms with E-state index in [9.17, 15) is 29.1 Å². The lowest BCUT2D eigenvalue weighted by Crippen LogP contribution is -2.58. The summed E-state index contributed by atoms with van der Waals surface area (Å²) >= 11 is 0. The van der Waals surface area contributed by atoms with Gasteiger partial charge in [-0.2, -0.15) is 0 Å². The molecule has 0 aliphatic carbocycles. The van der Waals surface area contributed by atoms with E-state index in [-0.39, 0.29) is 31.7 Å². The number of fused-ring (bicyclic) bond motifs is 1. The second kappa shape index (κ2) is 13.2. The van der Waals surface area contributed by atoms with Gasteiger partial charge in [0, 0.05) is 30.1 Å². The molecule has 39 heavy (non-hydrogen) atoms. The Kier molecular flexibility index (Phi) is 10.0. The summed E-state index contributed by atoms with van der Waals surface area (Å²) < 4.78 is 0. The van der Waals surface area contributed by atoms with Crippen LogP contribution in [0.2, 0.25) is 0 Å². The van der Waals surface area contributed by atoms with Gasteiger partial charge in [0.1, 0.15) is 18.1 Å². The first kappa shape index (κ1) is 29.6. The molecule has 2 aromatic rings. The van der Waals surface area contributed by atoms with Crippen LogP contribution in [0.1, 0.15) is 51.5 Å². The molecule has 2 heterocycles. The van der Waals surface area contributed by atoms with Crippen LogP contribution in [0.25, 0.3) is 10.9 Å². The second-order valence-electron chi connectivity index (χ2n) is 10.1. The monoisotopic (exact) mass is 543 g/mol. The number of aliphatic carboxylic acids is 2. The van der Waals surface area contributed by atoms with Crippen LogP contribution in [-0.2, 0) is 30.4 Å². The highest BCUT2D eigenvalue weighted by atomic mass is 16.4. The van der Waals surface area contributed by atoms with Gasteiger partial charge in [0.2, 0.25) is 17.7 Å². The molecule has 3 rings (SSSR count). The zero-order valence-corrected chi connectivity index (χ0v) is 22.2. The number of amides is 3. The molecule has 12 heteroatoms. The highest BCUT2D eigenvalue weighted by Gasteiger charge is 2.39. The molecule has 1 aliphatic heterocycles. The van der Waals surface area contributed by atoms with E-state index < -0.39 is 60.2 Å². The molecule has 12 nitrogen and oxygen atoms in total. The Morgan fingerprint density at radius 2 is 1.85 bits per heavy atom. The summed E-state index contributed by atoms with van der Waals surface area (Å²) in [6, 6.07) is 3.34. The summed E-state index contributed by atoms with van der Waals surface area (Å²) in [5.41, 5.74) is 7.98. The lowest BCUT2D eigenvalue weighted by Gasteiger charge is -2.30. The van der Waals surface area contributed by atoms with Crippen LogP contribution >= 0.6 is 0 Å². The van der Waals surface area contributed by atoms with E-state index >= 15 is 0 Å². The number of carboxylic acids is 2. The van der Waals surface area contributed by atoms with Gasteiger partial charge in [-0.1, -0.05) is 38.5 Å². The number of hydrogen-bond donors (Lipinski definition) is 6. The Morgan fingerprint density at radius 1 is 1.13 bits per heavy atom. The normalized spacial score (nSPS) is 18.2. The van der Waals surface area contributed by atoms with E-state index in [4.69, 9.17) is 10.8 Å². The number of likely N-dealkylation sites (tertiary alicyclic amines) is 1. The van der Waals surface area contributed by atoms with E-state index in [0.717, 1.165) is 16.5 Å². The summed E-state index contributed by atoms with van der Waals surface area (Å²) in [6.45, 7) is 3.81. The van der Waals surface area contributed by atoms with Crippen molar-refractivity contribution in [2.75, 3.05) is 6.54 Å². The first-order chi connectivity index (χ1) is 18.5. The summed E-state index contributed by atoms with van der Waals surface area (Å²) in [4.78, 5) is 66.8. The molecular formula is C27H37N5O7. The minimum atomic E-state index is -1.25. The van der Waals surface area contributed by atoms with Gasteiger partial charge in [-0.25, -0.2) is 4.79 Å². The predicted molar refractivity (Wildman–Crippen MR) is 143 cm³/mol. The minimum Gasteiger partial charge on any atom is -0.481 e. The van der Waals surface area contributed by atoms with Crippen LogP contribution in [-0.4, -0.2) is 80.5 Å². The van der Waals surface area contributed by atoms with Crippen LogP contribution < -0.4 is 16.4 Å². The lowest BCUT2D eigenvalue weighted by atomic mass is 9.96. The maximum Gasteiger partial charge on any atom is 0.326 e. The van der Waals surface area contributed by atoms with E-state index in [1.807, 2.05) is 31.2 Å². The van der Waals surface area contributed by atoms with Crippen molar-refractivity contribution in [2.45, 2.75) is 76.5 Å². The molecule has 3 amide bonds. The van der Waals surface area contributed by atoms with Crippen molar-refractivity contribution in [1.29, 1.82) is 0 Å². The summed E-state index contributed by atoms with van der Waals surface area (Å²) in [6.07, 6.45) is 2.69. The van der Waals surface area contributed by atoms with Gasteiger partial charge in [0.05, 0.1) is 6.04 Å². The number of carbonyl (C=O) groups is 5. The smallest absolute Gasteiger partial charge is 0.326 e. The number of para-hydroxylation sites is 1. The number of aromatic nitrogens is 1. The summed E-state index contributed by atoms with van der Waals surface area (Å²) in [7, 11) is 0. The third-order valence-corrected chi connectivity index (χ3v) is 7.33. The maximum absolute atomic E-state index is 13.4. The molecule has 0 spiro atoms. The van der Waals surface area contributed by atoms with Crippen molar-refractivity contribution in [2.24, 2.45) is 11.7 Å². The summed E-state index contributed by atoms with van der Waals surface area (Å²) in [5, 5.41) is 24.9. The van der Waals surface area contributed by atoms with Crippen molar-refractivity contribution >= 4 is 40.6 Å². The molecule has 0 saturated carbocycles.